The summed E-state index contributed by atoms with van der Waals surface area (Å²) in [4.78, 5) is 23.4. The second-order valence-corrected chi connectivity index (χ2v) is 8.45. The summed E-state index contributed by atoms with van der Waals surface area (Å²) >= 11 is 0. The fraction of sp³-hybridized carbons (Fsp3) is 0.800. The quantitative estimate of drug-likeness (QED) is 0.562. The van der Waals surface area contributed by atoms with Gasteiger partial charge in [-0.25, -0.2) is 9.59 Å². The smallest absolute Gasteiger partial charge is 0.376 e. The molecular weight excluding hydrogens is 342 g/mol. The highest BCUT2D eigenvalue weighted by molar-refractivity contribution is 5.88. The molecule has 1 aliphatic carbocycles. The zero-order chi connectivity index (χ0) is 20.1. The molecule has 0 saturated carbocycles. The molecule has 0 aromatic rings. The lowest BCUT2D eigenvalue weighted by Crippen LogP contribution is -2.35. The fourth-order valence-corrected chi connectivity index (χ4v) is 3.53. The number of hydrogen-bond donors (Lipinski definition) is 1. The van der Waals surface area contributed by atoms with Crippen LogP contribution in [0.3, 0.4) is 0 Å². The third kappa shape index (κ3) is 6.36. The van der Waals surface area contributed by atoms with Crippen LogP contribution in [-0.2, 0) is 14.3 Å². The van der Waals surface area contributed by atoms with Gasteiger partial charge >= 0.3 is 17.9 Å². The summed E-state index contributed by atoms with van der Waals surface area (Å²) < 4.78 is 33.2. The molecule has 0 aliphatic heterocycles. The van der Waals surface area contributed by atoms with Gasteiger partial charge < -0.3 is 9.84 Å². The molecule has 0 amide bonds. The van der Waals surface area contributed by atoms with Gasteiger partial charge in [0.2, 0.25) is 0 Å². The molecular formula is C20H32F2O4. The van der Waals surface area contributed by atoms with Crippen molar-refractivity contribution in [2.24, 2.45) is 17.3 Å². The van der Waals surface area contributed by atoms with Gasteiger partial charge in [-0.3, -0.25) is 0 Å². The Bertz CT molecular complexity index is 550. The van der Waals surface area contributed by atoms with Crippen LogP contribution in [0.2, 0.25) is 0 Å². The van der Waals surface area contributed by atoms with Crippen LogP contribution in [-0.4, -0.2) is 29.6 Å². The van der Waals surface area contributed by atoms with Gasteiger partial charge in [0.25, 0.3) is 0 Å². The lowest BCUT2D eigenvalue weighted by atomic mass is 9.70. The highest BCUT2D eigenvalue weighted by Gasteiger charge is 2.44. The number of carboxylic acids is 1. The summed E-state index contributed by atoms with van der Waals surface area (Å²) in [5, 5.41) is 9.62. The van der Waals surface area contributed by atoms with Crippen LogP contribution < -0.4 is 0 Å². The molecule has 1 N–H and O–H groups in total. The predicted octanol–water partition coefficient (Wildman–Crippen LogP) is 5.22. The maximum Gasteiger partial charge on any atom is 0.376 e. The molecule has 1 rings (SSSR count). The lowest BCUT2D eigenvalue weighted by Gasteiger charge is -2.35. The van der Waals surface area contributed by atoms with Crippen molar-refractivity contribution in [2.75, 3.05) is 6.61 Å². The minimum atomic E-state index is -3.61. The van der Waals surface area contributed by atoms with Gasteiger partial charge in [0, 0.05) is 12.0 Å². The van der Waals surface area contributed by atoms with Gasteiger partial charge in [-0.05, 0) is 49.9 Å². The van der Waals surface area contributed by atoms with Crippen molar-refractivity contribution in [1.29, 1.82) is 0 Å². The SMILES string of the molecule is CCOC(=O)C(F)(F)CC(CCC(C)C)C1=C(C(=O)O)CC(C)(C)CC1. The van der Waals surface area contributed by atoms with E-state index in [0.29, 0.717) is 37.2 Å². The van der Waals surface area contributed by atoms with E-state index < -0.39 is 30.2 Å². The molecule has 0 fully saturated rings. The van der Waals surface area contributed by atoms with Crippen molar-refractivity contribution in [1.82, 2.24) is 0 Å². The van der Waals surface area contributed by atoms with E-state index in [1.807, 2.05) is 27.7 Å². The van der Waals surface area contributed by atoms with Crippen molar-refractivity contribution in [3.05, 3.63) is 11.1 Å². The molecule has 26 heavy (non-hydrogen) atoms. The molecule has 150 valence electrons. The summed E-state index contributed by atoms with van der Waals surface area (Å²) in [5.41, 5.74) is 0.667. The molecule has 0 bridgehead atoms. The van der Waals surface area contributed by atoms with E-state index in [4.69, 9.17) is 0 Å². The summed E-state index contributed by atoms with van der Waals surface area (Å²) in [5.74, 6) is -6.49. The molecule has 0 saturated heterocycles. The Morgan fingerprint density at radius 2 is 1.88 bits per heavy atom. The van der Waals surface area contributed by atoms with Crippen LogP contribution >= 0.6 is 0 Å². The number of halogens is 2. The first-order chi connectivity index (χ1) is 11.9. The normalized spacial score (nSPS) is 18.8. The number of carboxylic acid groups (broad SMARTS) is 1. The van der Waals surface area contributed by atoms with Gasteiger partial charge in [0.15, 0.2) is 0 Å². The summed E-state index contributed by atoms with van der Waals surface area (Å²) in [6, 6.07) is 0. The maximum absolute atomic E-state index is 14.4. The Kier molecular flexibility index (Phi) is 7.78. The topological polar surface area (TPSA) is 63.6 Å². The number of carbonyl (C=O) groups is 2. The third-order valence-corrected chi connectivity index (χ3v) is 5.03. The number of carbonyl (C=O) groups excluding carboxylic acids is 1. The molecule has 0 aromatic heterocycles. The number of aliphatic carboxylic acids is 1. The number of rotatable bonds is 9. The Labute approximate surface area is 155 Å². The second-order valence-electron chi connectivity index (χ2n) is 8.45. The molecule has 1 unspecified atom stereocenters. The first-order valence-electron chi connectivity index (χ1n) is 9.40. The lowest BCUT2D eigenvalue weighted by molar-refractivity contribution is -0.173. The van der Waals surface area contributed by atoms with E-state index in [-0.39, 0.29) is 17.6 Å². The molecule has 1 aliphatic rings. The molecule has 4 nitrogen and oxygen atoms in total. The van der Waals surface area contributed by atoms with Crippen LogP contribution in [0.15, 0.2) is 11.1 Å². The zero-order valence-electron chi connectivity index (χ0n) is 16.5. The highest BCUT2D eigenvalue weighted by atomic mass is 19.3. The number of esters is 1. The van der Waals surface area contributed by atoms with Gasteiger partial charge in [-0.2, -0.15) is 8.78 Å². The van der Waals surface area contributed by atoms with Crippen molar-refractivity contribution in [3.63, 3.8) is 0 Å². The van der Waals surface area contributed by atoms with Gasteiger partial charge in [-0.1, -0.05) is 39.7 Å². The van der Waals surface area contributed by atoms with Crippen molar-refractivity contribution >= 4 is 11.9 Å². The average Bonchev–Trinajstić information content (AvgIpc) is 2.50. The molecule has 0 radical (unpaired) electrons. The molecule has 0 heterocycles. The van der Waals surface area contributed by atoms with E-state index in [9.17, 15) is 23.5 Å². The van der Waals surface area contributed by atoms with Crippen LogP contribution in [0.5, 0.6) is 0 Å². The van der Waals surface area contributed by atoms with Crippen molar-refractivity contribution in [2.45, 2.75) is 79.1 Å². The number of ether oxygens (including phenoxy) is 1. The number of alkyl halides is 2. The minimum absolute atomic E-state index is 0.109. The minimum Gasteiger partial charge on any atom is -0.478 e. The first-order valence-corrected chi connectivity index (χ1v) is 9.40. The third-order valence-electron chi connectivity index (χ3n) is 5.03. The molecule has 0 aromatic carbocycles. The van der Waals surface area contributed by atoms with Gasteiger partial charge in [0.05, 0.1) is 6.61 Å². The molecule has 6 heteroatoms. The number of allylic oxidation sites excluding steroid dienone is 1. The van der Waals surface area contributed by atoms with Crippen LogP contribution in [0.25, 0.3) is 0 Å². The van der Waals surface area contributed by atoms with Gasteiger partial charge in [0.1, 0.15) is 0 Å². The van der Waals surface area contributed by atoms with Crippen LogP contribution in [0.1, 0.15) is 73.1 Å². The van der Waals surface area contributed by atoms with Crippen molar-refractivity contribution < 1.29 is 28.2 Å². The average molecular weight is 374 g/mol. The van der Waals surface area contributed by atoms with E-state index in [0.717, 1.165) is 6.42 Å². The Balaban J connectivity index is 3.19. The van der Waals surface area contributed by atoms with E-state index in [1.54, 1.807) is 0 Å². The van der Waals surface area contributed by atoms with E-state index >= 15 is 0 Å². The molecule has 1 atom stereocenters. The number of hydrogen-bond acceptors (Lipinski definition) is 3. The summed E-state index contributed by atoms with van der Waals surface area (Å²) in [7, 11) is 0. The molecule has 0 spiro atoms. The standard InChI is InChI=1S/C20H32F2O4/c1-6-26-18(25)20(21,22)11-14(8-7-13(2)3)15-9-10-19(4,5)12-16(15)17(23)24/h13-14H,6-12H2,1-5H3,(H,23,24). The van der Waals surface area contributed by atoms with E-state index in [1.165, 1.54) is 6.92 Å². The van der Waals surface area contributed by atoms with Crippen LogP contribution in [0.4, 0.5) is 8.78 Å². The van der Waals surface area contributed by atoms with Crippen molar-refractivity contribution in [3.8, 4) is 0 Å². The maximum atomic E-state index is 14.4. The summed E-state index contributed by atoms with van der Waals surface area (Å²) in [6.45, 7) is 9.35. The first kappa shape index (κ1) is 22.6. The highest BCUT2D eigenvalue weighted by Crippen LogP contribution is 2.44. The van der Waals surface area contributed by atoms with E-state index in [2.05, 4.69) is 4.74 Å². The Morgan fingerprint density at radius 1 is 1.27 bits per heavy atom. The van der Waals surface area contributed by atoms with Crippen LogP contribution in [0, 0.1) is 17.3 Å². The fourth-order valence-electron chi connectivity index (χ4n) is 3.53. The van der Waals surface area contributed by atoms with Gasteiger partial charge in [-0.15, -0.1) is 0 Å². The zero-order valence-corrected chi connectivity index (χ0v) is 16.5. The Hall–Kier alpha value is -1.46. The summed E-state index contributed by atoms with van der Waals surface area (Å²) in [6.07, 6.45) is 2.05. The monoisotopic (exact) mass is 374 g/mol. The largest absolute Gasteiger partial charge is 0.478 e. The Morgan fingerprint density at radius 3 is 2.38 bits per heavy atom. The predicted molar refractivity (Wildman–Crippen MR) is 96.1 cm³/mol. The second kappa shape index (κ2) is 8.96.